The number of hydrogen-bond acceptors (Lipinski definition) is 4. The van der Waals surface area contributed by atoms with E-state index < -0.39 is 16.9 Å². The van der Waals surface area contributed by atoms with E-state index in [9.17, 15) is 14.9 Å². The van der Waals surface area contributed by atoms with Crippen molar-refractivity contribution in [3.63, 3.8) is 0 Å². The van der Waals surface area contributed by atoms with Crippen molar-refractivity contribution in [3.8, 4) is 18.1 Å². The Kier molecular flexibility index (Phi) is 4.89. The molecule has 0 aromatic heterocycles. The van der Waals surface area contributed by atoms with Gasteiger partial charge in [0.15, 0.2) is 0 Å². The average molecular weight is 262 g/mol. The summed E-state index contributed by atoms with van der Waals surface area (Å²) in [5.74, 6) is 1.80. The summed E-state index contributed by atoms with van der Waals surface area (Å²) in [6.07, 6.45) is 5.17. The minimum Gasteiger partial charge on any atom is -0.487 e. The molecule has 0 spiro atoms. The van der Waals surface area contributed by atoms with Crippen LogP contribution in [-0.2, 0) is 0 Å². The zero-order valence-corrected chi connectivity index (χ0v) is 10.7. The molecular weight excluding hydrogens is 248 g/mol. The van der Waals surface area contributed by atoms with Crippen LogP contribution in [0, 0.1) is 22.5 Å². The molecule has 1 unspecified atom stereocenters. The monoisotopic (exact) mass is 262 g/mol. The third-order valence-corrected chi connectivity index (χ3v) is 2.32. The van der Waals surface area contributed by atoms with Gasteiger partial charge in [-0.05, 0) is 19.9 Å². The van der Waals surface area contributed by atoms with Crippen molar-refractivity contribution in [3.05, 3.63) is 33.9 Å². The maximum atomic E-state index is 12.0. The van der Waals surface area contributed by atoms with Gasteiger partial charge in [0.25, 0.3) is 5.91 Å². The lowest BCUT2D eigenvalue weighted by molar-refractivity contribution is -0.385. The molecule has 100 valence electrons. The van der Waals surface area contributed by atoms with Crippen LogP contribution in [0.3, 0.4) is 0 Å². The van der Waals surface area contributed by atoms with Crippen LogP contribution >= 0.6 is 0 Å². The van der Waals surface area contributed by atoms with Crippen LogP contribution < -0.4 is 10.1 Å². The second kappa shape index (κ2) is 6.40. The first-order chi connectivity index (χ1) is 9.01. The van der Waals surface area contributed by atoms with Gasteiger partial charge in [-0.1, -0.05) is 12.0 Å². The predicted molar refractivity (Wildman–Crippen MR) is 70.0 cm³/mol. The number of nitrogens with one attached hydrogen (secondary N) is 1. The summed E-state index contributed by atoms with van der Waals surface area (Å²) in [6, 6.07) is 3.69. The summed E-state index contributed by atoms with van der Waals surface area (Å²) in [4.78, 5) is 22.3. The standard InChI is InChI=1S/C13H14N2O4/c1-4-9(3)14-13(16)10-7-6-8-11(15(17)18)12(10)19-5-2/h1,6-9H,5H2,2-3H3,(H,14,16). The van der Waals surface area contributed by atoms with Crippen molar-refractivity contribution in [2.24, 2.45) is 0 Å². The molecule has 0 fully saturated rings. The van der Waals surface area contributed by atoms with Crippen LogP contribution in [0.25, 0.3) is 0 Å². The SMILES string of the molecule is C#CC(C)NC(=O)c1cccc([N+](=O)[O-])c1OCC. The molecule has 1 amide bonds. The summed E-state index contributed by atoms with van der Waals surface area (Å²) in [5.41, 5.74) is -0.152. The molecule has 0 saturated carbocycles. The van der Waals surface area contributed by atoms with E-state index in [1.807, 2.05) is 0 Å². The summed E-state index contributed by atoms with van der Waals surface area (Å²) in [6.45, 7) is 3.54. The molecule has 1 N–H and O–H groups in total. The lowest BCUT2D eigenvalue weighted by atomic mass is 10.1. The number of nitro groups is 1. The van der Waals surface area contributed by atoms with E-state index in [0.29, 0.717) is 0 Å². The van der Waals surface area contributed by atoms with Crippen LogP contribution in [0.1, 0.15) is 24.2 Å². The van der Waals surface area contributed by atoms with Gasteiger partial charge < -0.3 is 10.1 Å². The van der Waals surface area contributed by atoms with Crippen LogP contribution in [-0.4, -0.2) is 23.5 Å². The van der Waals surface area contributed by atoms with Gasteiger partial charge in [0, 0.05) is 6.07 Å². The Morgan fingerprint density at radius 1 is 1.63 bits per heavy atom. The summed E-state index contributed by atoms with van der Waals surface area (Å²) >= 11 is 0. The first-order valence-corrected chi connectivity index (χ1v) is 5.68. The van der Waals surface area contributed by atoms with Crippen molar-refractivity contribution in [2.75, 3.05) is 6.61 Å². The molecule has 1 aromatic carbocycles. The van der Waals surface area contributed by atoms with E-state index in [4.69, 9.17) is 11.2 Å². The summed E-state index contributed by atoms with van der Waals surface area (Å²) < 4.78 is 5.21. The van der Waals surface area contributed by atoms with E-state index in [1.54, 1.807) is 13.8 Å². The van der Waals surface area contributed by atoms with Gasteiger partial charge in [-0.3, -0.25) is 14.9 Å². The van der Waals surface area contributed by atoms with Gasteiger partial charge in [-0.25, -0.2) is 0 Å². The number of nitrogens with zero attached hydrogens (tertiary/aromatic N) is 1. The number of carbonyl (C=O) groups is 1. The number of rotatable bonds is 5. The van der Waals surface area contributed by atoms with Crippen molar-refractivity contribution in [1.29, 1.82) is 0 Å². The molecule has 0 aliphatic heterocycles. The maximum Gasteiger partial charge on any atom is 0.311 e. The molecule has 1 rings (SSSR count). The van der Waals surface area contributed by atoms with E-state index in [2.05, 4.69) is 11.2 Å². The quantitative estimate of drug-likeness (QED) is 0.498. The molecule has 1 atom stereocenters. The Bertz CT molecular complexity index is 534. The predicted octanol–water partition coefficient (Wildman–Crippen LogP) is 1.74. The fraction of sp³-hybridized carbons (Fsp3) is 0.308. The molecule has 0 aliphatic rings. The number of ether oxygens (including phenoxy) is 1. The van der Waals surface area contributed by atoms with Crippen LogP contribution in [0.2, 0.25) is 0 Å². The molecular formula is C13H14N2O4. The molecule has 19 heavy (non-hydrogen) atoms. The summed E-state index contributed by atoms with van der Waals surface area (Å²) in [5, 5.41) is 13.4. The Morgan fingerprint density at radius 3 is 2.84 bits per heavy atom. The van der Waals surface area contributed by atoms with Gasteiger partial charge in [-0.2, -0.15) is 0 Å². The van der Waals surface area contributed by atoms with Crippen molar-refractivity contribution >= 4 is 11.6 Å². The van der Waals surface area contributed by atoms with Gasteiger partial charge in [-0.15, -0.1) is 6.42 Å². The Hall–Kier alpha value is -2.55. The topological polar surface area (TPSA) is 81.5 Å². The molecule has 0 radical (unpaired) electrons. The number of carbonyl (C=O) groups excluding carboxylic acids is 1. The van der Waals surface area contributed by atoms with E-state index >= 15 is 0 Å². The van der Waals surface area contributed by atoms with Crippen molar-refractivity contribution < 1.29 is 14.5 Å². The zero-order chi connectivity index (χ0) is 14.4. The number of terminal acetylenes is 1. The van der Waals surface area contributed by atoms with Gasteiger partial charge in [0.1, 0.15) is 0 Å². The average Bonchev–Trinajstić information content (AvgIpc) is 2.38. The third-order valence-electron chi connectivity index (χ3n) is 2.32. The van der Waals surface area contributed by atoms with E-state index in [1.165, 1.54) is 18.2 Å². The highest BCUT2D eigenvalue weighted by molar-refractivity contribution is 5.98. The lowest BCUT2D eigenvalue weighted by Gasteiger charge is -2.12. The second-order valence-corrected chi connectivity index (χ2v) is 3.71. The Labute approximate surface area is 110 Å². The molecule has 0 bridgehead atoms. The van der Waals surface area contributed by atoms with Crippen LogP contribution in [0.4, 0.5) is 5.69 Å². The Balaban J connectivity index is 3.19. The van der Waals surface area contributed by atoms with E-state index in [0.717, 1.165) is 0 Å². The lowest BCUT2D eigenvalue weighted by Crippen LogP contribution is -2.31. The first kappa shape index (κ1) is 14.5. The van der Waals surface area contributed by atoms with Crippen LogP contribution in [0.5, 0.6) is 5.75 Å². The third kappa shape index (κ3) is 3.45. The number of nitro benzene ring substituents is 1. The minimum absolute atomic E-state index is 0.0447. The number of hydrogen-bond donors (Lipinski definition) is 1. The first-order valence-electron chi connectivity index (χ1n) is 5.68. The van der Waals surface area contributed by atoms with Gasteiger partial charge >= 0.3 is 5.69 Å². The molecule has 1 aromatic rings. The largest absolute Gasteiger partial charge is 0.487 e. The maximum absolute atomic E-state index is 12.0. The zero-order valence-electron chi connectivity index (χ0n) is 10.7. The molecule has 0 heterocycles. The van der Waals surface area contributed by atoms with Gasteiger partial charge in [0.2, 0.25) is 5.75 Å². The number of para-hydroxylation sites is 1. The highest BCUT2D eigenvalue weighted by atomic mass is 16.6. The fourth-order valence-electron chi connectivity index (χ4n) is 1.46. The molecule has 6 heteroatoms. The van der Waals surface area contributed by atoms with Crippen LogP contribution in [0.15, 0.2) is 18.2 Å². The smallest absolute Gasteiger partial charge is 0.311 e. The Morgan fingerprint density at radius 2 is 2.32 bits per heavy atom. The fourth-order valence-corrected chi connectivity index (χ4v) is 1.46. The highest BCUT2D eigenvalue weighted by Crippen LogP contribution is 2.30. The molecule has 0 aliphatic carbocycles. The number of benzene rings is 1. The summed E-state index contributed by atoms with van der Waals surface area (Å²) in [7, 11) is 0. The highest BCUT2D eigenvalue weighted by Gasteiger charge is 2.23. The molecule has 6 nitrogen and oxygen atoms in total. The van der Waals surface area contributed by atoms with E-state index in [-0.39, 0.29) is 23.6 Å². The molecule has 0 saturated heterocycles. The van der Waals surface area contributed by atoms with Crippen molar-refractivity contribution in [2.45, 2.75) is 19.9 Å². The second-order valence-electron chi connectivity index (χ2n) is 3.71. The number of amides is 1. The van der Waals surface area contributed by atoms with Gasteiger partial charge in [0.05, 0.1) is 23.1 Å². The normalized spacial score (nSPS) is 11.2. The van der Waals surface area contributed by atoms with Crippen molar-refractivity contribution in [1.82, 2.24) is 5.32 Å². The minimum atomic E-state index is -0.591.